The Bertz CT molecular complexity index is 436. The van der Waals surface area contributed by atoms with Gasteiger partial charge in [0.1, 0.15) is 5.82 Å². The van der Waals surface area contributed by atoms with E-state index in [-0.39, 0.29) is 24.1 Å². The van der Waals surface area contributed by atoms with Crippen LogP contribution in [0.2, 0.25) is 0 Å². The fourth-order valence-corrected chi connectivity index (χ4v) is 2.55. The van der Waals surface area contributed by atoms with Crippen LogP contribution >= 0.6 is 12.4 Å². The Morgan fingerprint density at radius 1 is 1.32 bits per heavy atom. The second kappa shape index (κ2) is 6.35. The van der Waals surface area contributed by atoms with Gasteiger partial charge in [0.15, 0.2) is 0 Å². The van der Waals surface area contributed by atoms with Crippen molar-refractivity contribution in [2.24, 2.45) is 5.92 Å². The zero-order chi connectivity index (χ0) is 13.3. The van der Waals surface area contributed by atoms with Crippen LogP contribution in [0.4, 0.5) is 4.39 Å². The van der Waals surface area contributed by atoms with E-state index < -0.39 is 11.9 Å². The van der Waals surface area contributed by atoms with Crippen molar-refractivity contribution in [3.63, 3.8) is 0 Å². The first-order valence-electron chi connectivity index (χ1n) is 6.21. The first-order chi connectivity index (χ1) is 8.49. The molecule has 1 aliphatic rings. The molecule has 0 aliphatic carbocycles. The zero-order valence-electron chi connectivity index (χ0n) is 11.0. The van der Waals surface area contributed by atoms with E-state index in [1.165, 1.54) is 12.1 Å². The van der Waals surface area contributed by atoms with E-state index in [1.54, 1.807) is 12.1 Å². The van der Waals surface area contributed by atoms with E-state index in [0.717, 1.165) is 12.1 Å². The summed E-state index contributed by atoms with van der Waals surface area (Å²) in [6.45, 7) is 5.41. The second-order valence-electron chi connectivity index (χ2n) is 5.15. The monoisotopic (exact) mass is 287 g/mol. The van der Waals surface area contributed by atoms with Gasteiger partial charge in [0, 0.05) is 25.0 Å². The maximum atomic E-state index is 12.9. The maximum absolute atomic E-state index is 12.9. The molecular weight excluding hydrogens is 269 g/mol. The molecule has 1 N–H and O–H groups in total. The van der Waals surface area contributed by atoms with Crippen molar-refractivity contribution < 1.29 is 14.3 Å². The minimum Gasteiger partial charge on any atom is -0.481 e. The smallest absolute Gasteiger partial charge is 0.308 e. The summed E-state index contributed by atoms with van der Waals surface area (Å²) in [6, 6.07) is 6.51. The van der Waals surface area contributed by atoms with Gasteiger partial charge in [-0.1, -0.05) is 12.1 Å². The molecule has 1 saturated heterocycles. The van der Waals surface area contributed by atoms with Gasteiger partial charge in [-0.15, -0.1) is 12.4 Å². The van der Waals surface area contributed by atoms with Gasteiger partial charge in [-0.05, 0) is 31.5 Å². The molecule has 2 rings (SSSR count). The molecule has 5 heteroatoms. The molecule has 1 aliphatic heterocycles. The molecule has 0 spiro atoms. The molecule has 0 bridgehead atoms. The van der Waals surface area contributed by atoms with E-state index in [9.17, 15) is 14.3 Å². The van der Waals surface area contributed by atoms with Gasteiger partial charge in [-0.3, -0.25) is 9.69 Å². The van der Waals surface area contributed by atoms with Gasteiger partial charge in [0.2, 0.25) is 0 Å². The second-order valence-corrected chi connectivity index (χ2v) is 5.15. The number of carboxylic acids is 1. The van der Waals surface area contributed by atoms with Crippen molar-refractivity contribution in [3.8, 4) is 0 Å². The molecule has 1 fully saturated rings. The highest BCUT2D eigenvalue weighted by atomic mass is 35.5. The Labute approximate surface area is 118 Å². The molecule has 0 aromatic heterocycles. The van der Waals surface area contributed by atoms with Gasteiger partial charge in [0.05, 0.1) is 5.92 Å². The normalized spacial score (nSPS) is 23.4. The number of hydrogen-bond acceptors (Lipinski definition) is 2. The predicted octanol–water partition coefficient (Wildman–Crippen LogP) is 2.76. The van der Waals surface area contributed by atoms with Crippen LogP contribution in [-0.2, 0) is 4.79 Å². The van der Waals surface area contributed by atoms with Crippen molar-refractivity contribution in [3.05, 3.63) is 35.6 Å². The molecule has 0 radical (unpaired) electrons. The summed E-state index contributed by atoms with van der Waals surface area (Å²) in [4.78, 5) is 13.5. The summed E-state index contributed by atoms with van der Waals surface area (Å²) in [5.41, 5.74) is 0.909. The number of aliphatic carboxylic acids is 1. The lowest BCUT2D eigenvalue weighted by molar-refractivity contribution is -0.141. The first kappa shape index (κ1) is 15.9. The number of benzene rings is 1. The number of likely N-dealkylation sites (tertiary alicyclic amines) is 1. The van der Waals surface area contributed by atoms with Gasteiger partial charge >= 0.3 is 5.97 Å². The molecular formula is C14H19ClFNO2. The number of carbonyl (C=O) groups is 1. The van der Waals surface area contributed by atoms with Crippen LogP contribution in [0.15, 0.2) is 24.3 Å². The molecule has 0 unspecified atom stereocenters. The van der Waals surface area contributed by atoms with Crippen molar-refractivity contribution in [2.75, 3.05) is 13.1 Å². The Kier molecular flexibility index (Phi) is 5.32. The third-order valence-corrected chi connectivity index (χ3v) is 3.69. The van der Waals surface area contributed by atoms with Crippen LogP contribution in [0.3, 0.4) is 0 Å². The van der Waals surface area contributed by atoms with Crippen LogP contribution in [0.25, 0.3) is 0 Å². The van der Waals surface area contributed by atoms with Gasteiger partial charge in [-0.25, -0.2) is 4.39 Å². The van der Waals surface area contributed by atoms with E-state index in [0.29, 0.717) is 12.6 Å². The van der Waals surface area contributed by atoms with E-state index in [4.69, 9.17) is 0 Å². The van der Waals surface area contributed by atoms with Gasteiger partial charge in [-0.2, -0.15) is 0 Å². The highest BCUT2D eigenvalue weighted by Crippen LogP contribution is 2.33. The molecule has 19 heavy (non-hydrogen) atoms. The number of carboxylic acid groups (broad SMARTS) is 1. The van der Waals surface area contributed by atoms with Crippen LogP contribution in [0, 0.1) is 11.7 Å². The highest BCUT2D eigenvalue weighted by molar-refractivity contribution is 5.85. The molecule has 2 atom stereocenters. The van der Waals surface area contributed by atoms with E-state index >= 15 is 0 Å². The van der Waals surface area contributed by atoms with Crippen molar-refractivity contribution in [1.29, 1.82) is 0 Å². The Balaban J connectivity index is 0.00000180. The van der Waals surface area contributed by atoms with Crippen LogP contribution in [0.1, 0.15) is 25.3 Å². The minimum atomic E-state index is -0.771. The summed E-state index contributed by atoms with van der Waals surface area (Å²) >= 11 is 0. The van der Waals surface area contributed by atoms with E-state index in [2.05, 4.69) is 18.7 Å². The largest absolute Gasteiger partial charge is 0.481 e. The average molecular weight is 288 g/mol. The van der Waals surface area contributed by atoms with E-state index in [1.807, 2.05) is 0 Å². The zero-order valence-corrected chi connectivity index (χ0v) is 11.9. The fourth-order valence-electron chi connectivity index (χ4n) is 2.55. The molecule has 1 aromatic carbocycles. The lowest BCUT2D eigenvalue weighted by atomic mass is 9.89. The molecule has 0 amide bonds. The fraction of sp³-hybridized carbons (Fsp3) is 0.500. The van der Waals surface area contributed by atoms with Gasteiger partial charge < -0.3 is 5.11 Å². The third kappa shape index (κ3) is 3.45. The van der Waals surface area contributed by atoms with Crippen molar-refractivity contribution in [1.82, 2.24) is 4.90 Å². The molecule has 0 saturated carbocycles. The van der Waals surface area contributed by atoms with Crippen LogP contribution < -0.4 is 0 Å². The Morgan fingerprint density at radius 2 is 1.89 bits per heavy atom. The summed E-state index contributed by atoms with van der Waals surface area (Å²) in [5, 5.41) is 9.30. The molecule has 106 valence electrons. The van der Waals surface area contributed by atoms with Crippen LogP contribution in [0.5, 0.6) is 0 Å². The summed E-state index contributed by atoms with van der Waals surface area (Å²) in [6.07, 6.45) is 0. The number of rotatable bonds is 3. The summed E-state index contributed by atoms with van der Waals surface area (Å²) in [5.74, 6) is -1.51. The highest BCUT2D eigenvalue weighted by Gasteiger charge is 2.39. The predicted molar refractivity (Wildman–Crippen MR) is 74.2 cm³/mol. The number of halogens is 2. The summed E-state index contributed by atoms with van der Waals surface area (Å²) < 4.78 is 12.9. The lowest BCUT2D eigenvalue weighted by Gasteiger charge is -2.20. The Morgan fingerprint density at radius 3 is 2.37 bits per heavy atom. The number of nitrogens with zero attached hydrogens (tertiary/aromatic N) is 1. The minimum absolute atomic E-state index is 0. The summed E-state index contributed by atoms with van der Waals surface area (Å²) in [7, 11) is 0. The lowest BCUT2D eigenvalue weighted by Crippen LogP contribution is -2.29. The number of hydrogen-bond donors (Lipinski definition) is 1. The first-order valence-corrected chi connectivity index (χ1v) is 6.21. The molecule has 3 nitrogen and oxygen atoms in total. The van der Waals surface area contributed by atoms with Crippen LogP contribution in [-0.4, -0.2) is 35.1 Å². The Hall–Kier alpha value is -1.13. The van der Waals surface area contributed by atoms with Crippen molar-refractivity contribution >= 4 is 18.4 Å². The average Bonchev–Trinajstić information content (AvgIpc) is 2.75. The third-order valence-electron chi connectivity index (χ3n) is 3.69. The standard InChI is InChI=1S/C14H18FNO2.ClH/c1-9(2)16-7-12(13(8-16)14(17)18)10-3-5-11(15)6-4-10;/h3-6,9,12-13H,7-8H2,1-2H3,(H,17,18);1H/t12-,13+;/m0./s1. The SMILES string of the molecule is CC(C)N1C[C@@H](C(=O)O)[C@H](c2ccc(F)cc2)C1.Cl. The molecule has 1 heterocycles. The topological polar surface area (TPSA) is 40.5 Å². The van der Waals surface area contributed by atoms with Gasteiger partial charge in [0.25, 0.3) is 0 Å². The quantitative estimate of drug-likeness (QED) is 0.929. The molecule has 1 aromatic rings. The van der Waals surface area contributed by atoms with Crippen molar-refractivity contribution in [2.45, 2.75) is 25.8 Å². The maximum Gasteiger partial charge on any atom is 0.308 e.